The van der Waals surface area contributed by atoms with Gasteiger partial charge in [0.25, 0.3) is 0 Å². The third-order valence-electron chi connectivity index (χ3n) is 3.39. The number of aliphatic hydroxyl groups excluding tert-OH is 1. The first-order chi connectivity index (χ1) is 12.2. The lowest BCUT2D eigenvalue weighted by Crippen LogP contribution is -2.26. The molecule has 0 saturated heterocycles. The zero-order valence-electron chi connectivity index (χ0n) is 15.1. The van der Waals surface area contributed by atoms with Crippen LogP contribution in [-0.2, 0) is 14.3 Å². The van der Waals surface area contributed by atoms with Gasteiger partial charge in [-0.05, 0) is 20.8 Å². The highest BCUT2D eigenvalue weighted by Crippen LogP contribution is 2.33. The number of methoxy groups -OCH3 is 1. The third kappa shape index (κ3) is 4.18. The molecular formula is C19H21NO6. The van der Waals surface area contributed by atoms with Gasteiger partial charge in [-0.25, -0.2) is 9.59 Å². The van der Waals surface area contributed by atoms with Crippen molar-refractivity contribution in [2.75, 3.05) is 7.11 Å². The SMILES string of the molecule is C=C(C(=O)OC(C)(C)C)C(O)c1onc(-c2ccccc2)c1C(=O)OC. The predicted octanol–water partition coefficient (Wildman–Crippen LogP) is 3.06. The van der Waals surface area contributed by atoms with Crippen molar-refractivity contribution in [3.63, 3.8) is 0 Å². The van der Waals surface area contributed by atoms with Gasteiger partial charge in [0.15, 0.2) is 5.76 Å². The van der Waals surface area contributed by atoms with Crippen molar-refractivity contribution >= 4 is 11.9 Å². The Kier molecular flexibility index (Phi) is 5.62. The van der Waals surface area contributed by atoms with Gasteiger partial charge < -0.3 is 19.1 Å². The van der Waals surface area contributed by atoms with Gasteiger partial charge in [-0.3, -0.25) is 0 Å². The van der Waals surface area contributed by atoms with E-state index in [1.54, 1.807) is 45.0 Å². The first-order valence-electron chi connectivity index (χ1n) is 7.89. The summed E-state index contributed by atoms with van der Waals surface area (Å²) in [6, 6.07) is 8.79. The molecule has 7 heteroatoms. The second-order valence-electron chi connectivity index (χ2n) is 6.56. The van der Waals surface area contributed by atoms with Gasteiger partial charge in [-0.2, -0.15) is 0 Å². The quantitative estimate of drug-likeness (QED) is 0.647. The van der Waals surface area contributed by atoms with Crippen molar-refractivity contribution < 1.29 is 28.7 Å². The maximum Gasteiger partial charge on any atom is 0.343 e. The van der Waals surface area contributed by atoms with Crippen LogP contribution >= 0.6 is 0 Å². The summed E-state index contributed by atoms with van der Waals surface area (Å²) in [5.41, 5.74) is -0.320. The number of carbonyl (C=O) groups is 2. The van der Waals surface area contributed by atoms with Crippen molar-refractivity contribution in [1.82, 2.24) is 5.16 Å². The Hall–Kier alpha value is -2.93. The van der Waals surface area contributed by atoms with E-state index in [1.165, 1.54) is 7.11 Å². The minimum absolute atomic E-state index is 0.0732. The molecule has 1 atom stereocenters. The molecule has 0 amide bonds. The summed E-state index contributed by atoms with van der Waals surface area (Å²) < 4.78 is 15.1. The van der Waals surface area contributed by atoms with E-state index in [0.717, 1.165) is 0 Å². The summed E-state index contributed by atoms with van der Waals surface area (Å²) >= 11 is 0. The van der Waals surface area contributed by atoms with E-state index in [9.17, 15) is 14.7 Å². The minimum Gasteiger partial charge on any atom is -0.465 e. The largest absolute Gasteiger partial charge is 0.465 e. The van der Waals surface area contributed by atoms with Gasteiger partial charge in [0.2, 0.25) is 0 Å². The summed E-state index contributed by atoms with van der Waals surface area (Å²) in [7, 11) is 1.20. The van der Waals surface area contributed by atoms with Crippen LogP contribution in [-0.4, -0.2) is 34.9 Å². The minimum atomic E-state index is -1.61. The van der Waals surface area contributed by atoms with Gasteiger partial charge in [-0.1, -0.05) is 42.1 Å². The monoisotopic (exact) mass is 359 g/mol. The van der Waals surface area contributed by atoms with Crippen molar-refractivity contribution in [3.8, 4) is 11.3 Å². The number of aliphatic hydroxyl groups is 1. The van der Waals surface area contributed by atoms with Crippen molar-refractivity contribution in [1.29, 1.82) is 0 Å². The number of carbonyl (C=O) groups excluding carboxylic acids is 2. The number of nitrogens with zero attached hydrogens (tertiary/aromatic N) is 1. The first-order valence-corrected chi connectivity index (χ1v) is 7.89. The van der Waals surface area contributed by atoms with Gasteiger partial charge >= 0.3 is 11.9 Å². The molecule has 0 radical (unpaired) electrons. The molecule has 0 aliphatic carbocycles. The molecule has 1 unspecified atom stereocenters. The van der Waals surface area contributed by atoms with Gasteiger partial charge in [0.05, 0.1) is 12.7 Å². The molecule has 2 rings (SSSR count). The zero-order valence-corrected chi connectivity index (χ0v) is 15.1. The molecule has 26 heavy (non-hydrogen) atoms. The maximum atomic E-state index is 12.2. The Balaban J connectivity index is 2.43. The zero-order chi connectivity index (χ0) is 19.5. The summed E-state index contributed by atoms with van der Waals surface area (Å²) in [5.74, 6) is -1.79. The average molecular weight is 359 g/mol. The molecule has 0 bridgehead atoms. The Morgan fingerprint density at radius 1 is 1.23 bits per heavy atom. The van der Waals surface area contributed by atoms with Gasteiger partial charge in [-0.15, -0.1) is 0 Å². The van der Waals surface area contributed by atoms with Crippen LogP contribution in [0.25, 0.3) is 11.3 Å². The van der Waals surface area contributed by atoms with Gasteiger partial charge in [0, 0.05) is 5.56 Å². The highest BCUT2D eigenvalue weighted by molar-refractivity contribution is 5.98. The molecule has 1 heterocycles. The molecule has 1 aromatic heterocycles. The third-order valence-corrected chi connectivity index (χ3v) is 3.39. The number of hydrogen-bond acceptors (Lipinski definition) is 7. The molecule has 0 aliphatic heterocycles. The van der Waals surface area contributed by atoms with E-state index >= 15 is 0 Å². The molecule has 1 aromatic carbocycles. The lowest BCUT2D eigenvalue weighted by molar-refractivity contribution is -0.151. The van der Waals surface area contributed by atoms with Crippen LogP contribution in [0.4, 0.5) is 0 Å². The van der Waals surface area contributed by atoms with Gasteiger partial charge in [0.1, 0.15) is 23.0 Å². The Morgan fingerprint density at radius 2 is 1.85 bits per heavy atom. The fraction of sp³-hybridized carbons (Fsp3) is 0.316. The van der Waals surface area contributed by atoms with E-state index < -0.39 is 23.6 Å². The number of ether oxygens (including phenoxy) is 2. The van der Waals surface area contributed by atoms with E-state index in [1.807, 2.05) is 6.07 Å². The summed E-state index contributed by atoms with van der Waals surface area (Å²) in [6.45, 7) is 8.62. The predicted molar refractivity (Wildman–Crippen MR) is 93.2 cm³/mol. The standard InChI is InChI=1S/C19H21NO6/c1-11(17(22)25-19(2,3)4)15(21)16-13(18(23)24-5)14(20-26-16)12-9-7-6-8-10-12/h6-10,15,21H,1H2,2-5H3. The smallest absolute Gasteiger partial charge is 0.343 e. The number of benzene rings is 1. The van der Waals surface area contributed by atoms with E-state index in [0.29, 0.717) is 5.56 Å². The van der Waals surface area contributed by atoms with Crippen LogP contribution in [0.3, 0.4) is 0 Å². The normalized spacial score (nSPS) is 12.3. The van der Waals surface area contributed by atoms with Crippen LogP contribution in [0.15, 0.2) is 47.0 Å². The highest BCUT2D eigenvalue weighted by Gasteiger charge is 2.33. The highest BCUT2D eigenvalue weighted by atomic mass is 16.6. The number of rotatable bonds is 5. The number of hydrogen-bond donors (Lipinski definition) is 1. The average Bonchev–Trinajstić information content (AvgIpc) is 3.04. The molecule has 138 valence electrons. The van der Waals surface area contributed by atoms with Crippen molar-refractivity contribution in [2.24, 2.45) is 0 Å². The van der Waals surface area contributed by atoms with E-state index in [2.05, 4.69) is 11.7 Å². The van der Waals surface area contributed by atoms with Crippen LogP contribution in [0, 0.1) is 0 Å². The van der Waals surface area contributed by atoms with Crippen LogP contribution in [0.2, 0.25) is 0 Å². The number of esters is 2. The second-order valence-corrected chi connectivity index (χ2v) is 6.56. The lowest BCUT2D eigenvalue weighted by Gasteiger charge is -2.21. The molecule has 0 fully saturated rings. The fourth-order valence-corrected chi connectivity index (χ4v) is 2.20. The lowest BCUT2D eigenvalue weighted by atomic mass is 10.0. The van der Waals surface area contributed by atoms with E-state index in [-0.39, 0.29) is 22.6 Å². The molecular weight excluding hydrogens is 338 g/mol. The fourth-order valence-electron chi connectivity index (χ4n) is 2.20. The molecule has 0 saturated carbocycles. The molecule has 0 aliphatic rings. The Labute approximate surface area is 151 Å². The van der Waals surface area contributed by atoms with E-state index in [4.69, 9.17) is 14.0 Å². The van der Waals surface area contributed by atoms with Crippen molar-refractivity contribution in [3.05, 3.63) is 53.8 Å². The first kappa shape index (κ1) is 19.4. The Bertz CT molecular complexity index is 816. The number of aromatic nitrogens is 1. The van der Waals surface area contributed by atoms with Crippen LogP contribution < -0.4 is 0 Å². The molecule has 7 nitrogen and oxygen atoms in total. The van der Waals surface area contributed by atoms with Crippen LogP contribution in [0.1, 0.15) is 43.0 Å². The van der Waals surface area contributed by atoms with Crippen LogP contribution in [0.5, 0.6) is 0 Å². The summed E-state index contributed by atoms with van der Waals surface area (Å²) in [5, 5.41) is 14.4. The molecule has 0 spiro atoms. The van der Waals surface area contributed by atoms with Crippen molar-refractivity contribution in [2.45, 2.75) is 32.5 Å². The summed E-state index contributed by atoms with van der Waals surface area (Å²) in [6.07, 6.45) is -1.61. The Morgan fingerprint density at radius 3 is 2.38 bits per heavy atom. The second kappa shape index (κ2) is 7.53. The maximum absolute atomic E-state index is 12.2. The summed E-state index contributed by atoms with van der Waals surface area (Å²) in [4.78, 5) is 24.4. The molecule has 2 aromatic rings. The molecule has 1 N–H and O–H groups in total. The topological polar surface area (TPSA) is 98.9 Å².